The monoisotopic (exact) mass is 331 g/mol. The molecule has 23 heavy (non-hydrogen) atoms. The molecule has 0 aliphatic heterocycles. The van der Waals surface area contributed by atoms with Gasteiger partial charge >= 0.3 is 0 Å². The number of para-hydroxylation sites is 1. The molecular weight excluding hydrogens is 314 g/mol. The van der Waals surface area contributed by atoms with E-state index in [4.69, 9.17) is 4.74 Å². The zero-order valence-corrected chi connectivity index (χ0v) is 13.7. The van der Waals surface area contributed by atoms with Gasteiger partial charge in [-0.25, -0.2) is 18.4 Å². The van der Waals surface area contributed by atoms with Crippen molar-refractivity contribution in [2.45, 2.75) is 6.54 Å². The molecule has 0 bridgehead atoms. The summed E-state index contributed by atoms with van der Waals surface area (Å²) in [5.41, 5.74) is 1.44. The zero-order valence-electron chi connectivity index (χ0n) is 12.9. The molecule has 6 nitrogen and oxygen atoms in total. The lowest BCUT2D eigenvalue weighted by Gasteiger charge is -2.09. The van der Waals surface area contributed by atoms with Gasteiger partial charge in [0, 0.05) is 30.6 Å². The van der Waals surface area contributed by atoms with Crippen molar-refractivity contribution in [3.63, 3.8) is 0 Å². The summed E-state index contributed by atoms with van der Waals surface area (Å²) in [4.78, 5) is 8.95. The highest BCUT2D eigenvalue weighted by molar-refractivity contribution is 7.90. The summed E-state index contributed by atoms with van der Waals surface area (Å²) < 4.78 is 29.9. The van der Waals surface area contributed by atoms with Gasteiger partial charge in [-0.05, 0) is 12.1 Å². The Bertz CT molecular complexity index is 948. The van der Waals surface area contributed by atoms with Crippen molar-refractivity contribution >= 4 is 20.7 Å². The molecule has 2 heterocycles. The molecule has 0 N–H and O–H groups in total. The number of hydrogen-bond donors (Lipinski definition) is 0. The van der Waals surface area contributed by atoms with Crippen molar-refractivity contribution in [2.24, 2.45) is 0 Å². The molecule has 1 aromatic carbocycles. The van der Waals surface area contributed by atoms with Crippen LogP contribution in [-0.4, -0.2) is 42.1 Å². The number of nitrogens with zero attached hydrogens (tertiary/aromatic N) is 3. The fourth-order valence-corrected chi connectivity index (χ4v) is 2.92. The first-order valence-corrected chi connectivity index (χ1v) is 9.17. The van der Waals surface area contributed by atoms with Gasteiger partial charge in [0.15, 0.2) is 5.82 Å². The maximum absolute atomic E-state index is 11.4. The Kier molecular flexibility index (Phi) is 4.04. The van der Waals surface area contributed by atoms with Gasteiger partial charge < -0.3 is 9.30 Å². The lowest BCUT2D eigenvalue weighted by Crippen LogP contribution is -2.11. The van der Waals surface area contributed by atoms with E-state index in [1.165, 1.54) is 6.26 Å². The van der Waals surface area contributed by atoms with Crippen molar-refractivity contribution in [1.82, 2.24) is 14.5 Å². The van der Waals surface area contributed by atoms with Crippen LogP contribution in [0.3, 0.4) is 0 Å². The molecule has 0 radical (unpaired) electrons. The van der Waals surface area contributed by atoms with Gasteiger partial charge in [-0.15, -0.1) is 0 Å². The normalized spacial score (nSPS) is 11.7. The number of aryl methyl sites for hydroxylation is 1. The minimum absolute atomic E-state index is 0.0628. The van der Waals surface area contributed by atoms with Crippen LogP contribution in [0.4, 0.5) is 0 Å². The van der Waals surface area contributed by atoms with Gasteiger partial charge in [-0.3, -0.25) is 0 Å². The van der Waals surface area contributed by atoms with E-state index in [0.717, 1.165) is 10.9 Å². The molecule has 3 aromatic rings. The van der Waals surface area contributed by atoms with Gasteiger partial charge in [0.2, 0.25) is 0 Å². The largest absolute Gasteiger partial charge is 0.494 e. The van der Waals surface area contributed by atoms with Crippen LogP contribution in [0.5, 0.6) is 5.75 Å². The Labute approximate surface area is 134 Å². The Hall–Kier alpha value is -2.41. The number of ether oxygens (including phenoxy) is 1. The molecule has 2 aromatic heterocycles. The van der Waals surface area contributed by atoms with Crippen molar-refractivity contribution in [2.75, 3.05) is 19.1 Å². The molecule has 7 heteroatoms. The number of methoxy groups -OCH3 is 1. The van der Waals surface area contributed by atoms with Gasteiger partial charge in [-0.2, -0.15) is 0 Å². The van der Waals surface area contributed by atoms with Crippen LogP contribution in [0, 0.1) is 0 Å². The van der Waals surface area contributed by atoms with E-state index in [9.17, 15) is 8.42 Å². The van der Waals surface area contributed by atoms with Crippen molar-refractivity contribution < 1.29 is 13.2 Å². The second-order valence-corrected chi connectivity index (χ2v) is 7.56. The molecule has 0 atom stereocenters. The zero-order chi connectivity index (χ0) is 16.4. The molecule has 0 aliphatic carbocycles. The third-order valence-electron chi connectivity index (χ3n) is 3.55. The molecule has 120 valence electrons. The van der Waals surface area contributed by atoms with E-state index in [2.05, 4.69) is 9.97 Å². The van der Waals surface area contributed by atoms with E-state index >= 15 is 0 Å². The summed E-state index contributed by atoms with van der Waals surface area (Å²) in [5, 5.41) is 0.974. The topological polar surface area (TPSA) is 74.1 Å². The lowest BCUT2D eigenvalue weighted by atomic mass is 10.2. The van der Waals surface area contributed by atoms with Gasteiger partial charge in [0.1, 0.15) is 26.8 Å². The first-order chi connectivity index (χ1) is 11.0. The van der Waals surface area contributed by atoms with Crippen LogP contribution < -0.4 is 4.74 Å². The number of rotatable bonds is 5. The van der Waals surface area contributed by atoms with E-state index in [0.29, 0.717) is 23.8 Å². The molecule has 0 saturated carbocycles. The first-order valence-electron chi connectivity index (χ1n) is 7.11. The summed E-state index contributed by atoms with van der Waals surface area (Å²) in [6.45, 7) is 0.347. The van der Waals surface area contributed by atoms with Gasteiger partial charge in [0.25, 0.3) is 0 Å². The number of benzene rings is 1. The highest BCUT2D eigenvalue weighted by atomic mass is 32.2. The second-order valence-electron chi connectivity index (χ2n) is 5.30. The van der Waals surface area contributed by atoms with Crippen LogP contribution in [0.1, 0.15) is 0 Å². The standard InChI is InChI=1S/C16H17N3O3S/c1-22-14-5-3-4-12-6-7-13(18-15(12)14)16-17-8-9-19(16)10-11-23(2,20)21/h3-9H,10-11H2,1-2H3. The van der Waals surface area contributed by atoms with Crippen molar-refractivity contribution in [3.05, 3.63) is 42.7 Å². The van der Waals surface area contributed by atoms with E-state index in [-0.39, 0.29) is 5.75 Å². The summed E-state index contributed by atoms with van der Waals surface area (Å²) >= 11 is 0. The first kappa shape index (κ1) is 15.5. The maximum atomic E-state index is 11.4. The average molecular weight is 331 g/mol. The maximum Gasteiger partial charge on any atom is 0.158 e. The minimum Gasteiger partial charge on any atom is -0.494 e. The van der Waals surface area contributed by atoms with E-state index in [1.807, 2.05) is 30.3 Å². The summed E-state index contributed by atoms with van der Waals surface area (Å²) in [7, 11) is -1.43. The molecule has 0 fully saturated rings. The number of aromatic nitrogens is 3. The molecule has 0 saturated heterocycles. The average Bonchev–Trinajstić information content (AvgIpc) is 2.99. The van der Waals surface area contributed by atoms with Crippen LogP contribution in [-0.2, 0) is 16.4 Å². The molecule has 0 spiro atoms. The molecular formula is C16H17N3O3S. The predicted octanol–water partition coefficient (Wildman–Crippen LogP) is 2.15. The fourth-order valence-electron chi connectivity index (χ4n) is 2.40. The Morgan fingerprint density at radius 3 is 2.78 bits per heavy atom. The van der Waals surface area contributed by atoms with Crippen LogP contribution in [0.2, 0.25) is 0 Å². The molecule has 0 amide bonds. The van der Waals surface area contributed by atoms with Gasteiger partial charge in [0.05, 0.1) is 12.9 Å². The van der Waals surface area contributed by atoms with Crippen molar-refractivity contribution in [1.29, 1.82) is 0 Å². The fraction of sp³-hybridized carbons (Fsp3) is 0.250. The highest BCUT2D eigenvalue weighted by Gasteiger charge is 2.12. The highest BCUT2D eigenvalue weighted by Crippen LogP contribution is 2.26. The summed E-state index contributed by atoms with van der Waals surface area (Å²) in [5.74, 6) is 1.40. The number of hydrogen-bond acceptors (Lipinski definition) is 5. The van der Waals surface area contributed by atoms with Crippen LogP contribution in [0.25, 0.3) is 22.4 Å². The summed E-state index contributed by atoms with van der Waals surface area (Å²) in [6, 6.07) is 9.56. The Morgan fingerprint density at radius 2 is 2.04 bits per heavy atom. The summed E-state index contributed by atoms with van der Waals surface area (Å²) in [6.07, 6.45) is 4.63. The minimum atomic E-state index is -3.03. The third-order valence-corrected chi connectivity index (χ3v) is 4.47. The van der Waals surface area contributed by atoms with Gasteiger partial charge in [-0.1, -0.05) is 18.2 Å². The number of pyridine rings is 1. The number of imidazole rings is 1. The van der Waals surface area contributed by atoms with Crippen LogP contribution in [0.15, 0.2) is 42.7 Å². The molecule has 0 unspecified atom stereocenters. The van der Waals surface area contributed by atoms with Crippen molar-refractivity contribution in [3.8, 4) is 17.3 Å². The van der Waals surface area contributed by atoms with E-state index < -0.39 is 9.84 Å². The molecule has 3 rings (SSSR count). The van der Waals surface area contributed by atoms with E-state index in [1.54, 1.807) is 24.1 Å². The smallest absolute Gasteiger partial charge is 0.158 e. The number of fused-ring (bicyclic) bond motifs is 1. The Morgan fingerprint density at radius 1 is 1.22 bits per heavy atom. The predicted molar refractivity (Wildman–Crippen MR) is 89.2 cm³/mol. The number of sulfone groups is 1. The second kappa shape index (κ2) is 6.00. The quantitative estimate of drug-likeness (QED) is 0.716. The Balaban J connectivity index is 2.02. The van der Waals surface area contributed by atoms with Crippen LogP contribution >= 0.6 is 0 Å². The molecule has 0 aliphatic rings. The third kappa shape index (κ3) is 3.34. The lowest BCUT2D eigenvalue weighted by molar-refractivity contribution is 0.419. The SMILES string of the molecule is COc1cccc2ccc(-c3nccn3CCS(C)(=O)=O)nc12.